The minimum absolute atomic E-state index is 0.846. The molecule has 0 spiro atoms. The zero-order valence-electron chi connectivity index (χ0n) is 16.5. The SMILES string of the molecule is C=C1/C=C\C(c2cccc(-c3ccc(C)cc3)c2)=C/CN(C)c2ccccc21. The number of para-hydroxylation sites is 1. The van der Waals surface area contributed by atoms with Crippen LogP contribution in [-0.2, 0) is 0 Å². The molecular formula is C27H25N. The first-order valence-electron chi connectivity index (χ1n) is 9.67. The summed E-state index contributed by atoms with van der Waals surface area (Å²) in [6.07, 6.45) is 6.61. The molecule has 4 rings (SSSR count). The van der Waals surface area contributed by atoms with E-state index < -0.39 is 0 Å². The Labute approximate surface area is 168 Å². The number of anilines is 1. The lowest BCUT2D eigenvalue weighted by molar-refractivity contribution is 1.03. The highest BCUT2D eigenvalue weighted by atomic mass is 15.1. The molecule has 0 aromatic heterocycles. The molecule has 0 atom stereocenters. The van der Waals surface area contributed by atoms with Crippen molar-refractivity contribution < 1.29 is 0 Å². The molecule has 1 aliphatic heterocycles. The summed E-state index contributed by atoms with van der Waals surface area (Å²) in [6.45, 7) is 7.26. The standard InChI is InChI=1S/C27H25N/c1-20-11-14-22(15-12-20)24-7-6-8-25(19-24)23-16-13-21(2)26-9-4-5-10-27(26)28(3)18-17-23/h4-17,19H,2,18H2,1,3H3/b16-13-,23-17+. The summed E-state index contributed by atoms with van der Waals surface area (Å²) in [5.74, 6) is 0. The van der Waals surface area contributed by atoms with Crippen LogP contribution in [0.3, 0.4) is 0 Å². The Morgan fingerprint density at radius 3 is 2.36 bits per heavy atom. The Bertz CT molecular complexity index is 1070. The molecule has 0 fully saturated rings. The van der Waals surface area contributed by atoms with Crippen LogP contribution in [0.25, 0.3) is 22.3 Å². The number of hydrogen-bond acceptors (Lipinski definition) is 1. The zero-order chi connectivity index (χ0) is 19.5. The van der Waals surface area contributed by atoms with Crippen LogP contribution in [0.15, 0.2) is 97.6 Å². The van der Waals surface area contributed by atoms with Crippen molar-refractivity contribution in [3.8, 4) is 11.1 Å². The molecule has 0 radical (unpaired) electrons. The maximum atomic E-state index is 4.29. The molecular weight excluding hydrogens is 338 g/mol. The molecule has 1 aliphatic rings. The van der Waals surface area contributed by atoms with Crippen LogP contribution in [0.4, 0.5) is 5.69 Å². The molecule has 0 bridgehead atoms. The third kappa shape index (κ3) is 3.70. The Morgan fingerprint density at radius 1 is 0.786 bits per heavy atom. The number of benzene rings is 3. The molecule has 138 valence electrons. The molecule has 1 nitrogen and oxygen atoms in total. The molecule has 1 heterocycles. The van der Waals surface area contributed by atoms with Gasteiger partial charge in [0.25, 0.3) is 0 Å². The van der Waals surface area contributed by atoms with Crippen LogP contribution in [-0.4, -0.2) is 13.6 Å². The van der Waals surface area contributed by atoms with E-state index in [4.69, 9.17) is 0 Å². The summed E-state index contributed by atoms with van der Waals surface area (Å²) in [6, 6.07) is 25.9. The second-order valence-electron chi connectivity index (χ2n) is 7.36. The summed E-state index contributed by atoms with van der Waals surface area (Å²) in [5, 5.41) is 0. The number of aryl methyl sites for hydroxylation is 1. The van der Waals surface area contributed by atoms with Gasteiger partial charge in [-0.25, -0.2) is 0 Å². The number of rotatable bonds is 2. The number of hydrogen-bond donors (Lipinski definition) is 0. The highest BCUT2D eigenvalue weighted by molar-refractivity contribution is 5.86. The molecule has 0 saturated carbocycles. The van der Waals surface area contributed by atoms with Crippen molar-refractivity contribution in [3.63, 3.8) is 0 Å². The number of allylic oxidation sites excluding steroid dienone is 4. The fraction of sp³-hybridized carbons (Fsp3) is 0.111. The van der Waals surface area contributed by atoms with Gasteiger partial charge in [-0.2, -0.15) is 0 Å². The van der Waals surface area contributed by atoms with Crippen LogP contribution >= 0.6 is 0 Å². The summed E-state index contributed by atoms with van der Waals surface area (Å²) in [4.78, 5) is 2.28. The quantitative estimate of drug-likeness (QED) is 0.486. The minimum Gasteiger partial charge on any atom is -0.370 e. The maximum Gasteiger partial charge on any atom is 0.0445 e. The van der Waals surface area contributed by atoms with Gasteiger partial charge in [0, 0.05) is 24.8 Å². The maximum absolute atomic E-state index is 4.29. The van der Waals surface area contributed by atoms with E-state index in [1.54, 1.807) is 0 Å². The third-order valence-electron chi connectivity index (χ3n) is 5.29. The smallest absolute Gasteiger partial charge is 0.0445 e. The van der Waals surface area contributed by atoms with E-state index in [0.717, 1.165) is 12.1 Å². The van der Waals surface area contributed by atoms with Crippen molar-refractivity contribution in [2.45, 2.75) is 6.92 Å². The van der Waals surface area contributed by atoms with Gasteiger partial charge in [0.1, 0.15) is 0 Å². The van der Waals surface area contributed by atoms with E-state index in [2.05, 4.69) is 116 Å². The molecule has 3 aromatic carbocycles. The number of nitrogens with zero attached hydrogens (tertiary/aromatic N) is 1. The van der Waals surface area contributed by atoms with Gasteiger partial charge < -0.3 is 4.90 Å². The first kappa shape index (κ1) is 18.1. The second-order valence-corrected chi connectivity index (χ2v) is 7.36. The van der Waals surface area contributed by atoms with E-state index >= 15 is 0 Å². The average molecular weight is 364 g/mol. The molecule has 0 N–H and O–H groups in total. The van der Waals surface area contributed by atoms with Gasteiger partial charge in [-0.3, -0.25) is 0 Å². The van der Waals surface area contributed by atoms with Gasteiger partial charge in [-0.15, -0.1) is 0 Å². The lowest BCUT2D eigenvalue weighted by atomic mass is 9.97. The molecule has 0 unspecified atom stereocenters. The van der Waals surface area contributed by atoms with Crippen LogP contribution < -0.4 is 4.90 Å². The third-order valence-corrected chi connectivity index (χ3v) is 5.29. The van der Waals surface area contributed by atoms with Crippen molar-refractivity contribution in [2.75, 3.05) is 18.5 Å². The number of likely N-dealkylation sites (N-methyl/N-ethyl adjacent to an activating group) is 1. The van der Waals surface area contributed by atoms with Gasteiger partial charge in [-0.05, 0) is 46.9 Å². The Hall–Kier alpha value is -3.32. The summed E-state index contributed by atoms with van der Waals surface area (Å²) < 4.78 is 0. The highest BCUT2D eigenvalue weighted by Gasteiger charge is 2.11. The predicted octanol–water partition coefficient (Wildman–Crippen LogP) is 6.76. The van der Waals surface area contributed by atoms with Crippen LogP contribution in [0, 0.1) is 6.92 Å². The minimum atomic E-state index is 0.846. The van der Waals surface area contributed by atoms with Crippen molar-refractivity contribution in [1.82, 2.24) is 0 Å². The highest BCUT2D eigenvalue weighted by Crippen LogP contribution is 2.30. The van der Waals surface area contributed by atoms with Crippen LogP contribution in [0.5, 0.6) is 0 Å². The Morgan fingerprint density at radius 2 is 1.54 bits per heavy atom. The Balaban J connectivity index is 1.71. The van der Waals surface area contributed by atoms with E-state index in [9.17, 15) is 0 Å². The monoisotopic (exact) mass is 363 g/mol. The summed E-state index contributed by atoms with van der Waals surface area (Å²) in [5.41, 5.74) is 9.63. The van der Waals surface area contributed by atoms with Crippen LogP contribution in [0.2, 0.25) is 0 Å². The molecule has 3 aromatic rings. The lowest BCUT2D eigenvalue weighted by Gasteiger charge is -2.21. The molecule has 1 heteroatoms. The summed E-state index contributed by atoms with van der Waals surface area (Å²) >= 11 is 0. The van der Waals surface area contributed by atoms with Gasteiger partial charge in [0.2, 0.25) is 0 Å². The van der Waals surface area contributed by atoms with E-state index in [1.165, 1.54) is 39.1 Å². The van der Waals surface area contributed by atoms with Crippen molar-refractivity contribution in [3.05, 3.63) is 114 Å². The topological polar surface area (TPSA) is 3.24 Å². The number of fused-ring (bicyclic) bond motifs is 1. The van der Waals surface area contributed by atoms with Crippen molar-refractivity contribution >= 4 is 16.8 Å². The van der Waals surface area contributed by atoms with E-state index in [0.29, 0.717) is 0 Å². The fourth-order valence-corrected chi connectivity index (χ4v) is 3.60. The van der Waals surface area contributed by atoms with E-state index in [1.807, 2.05) is 0 Å². The second kappa shape index (κ2) is 7.74. The first-order chi connectivity index (χ1) is 13.6. The molecule has 0 saturated heterocycles. The Kier molecular flexibility index (Phi) is 4.99. The van der Waals surface area contributed by atoms with Crippen LogP contribution in [0.1, 0.15) is 16.7 Å². The van der Waals surface area contributed by atoms with Gasteiger partial charge >= 0.3 is 0 Å². The van der Waals surface area contributed by atoms with E-state index in [-0.39, 0.29) is 0 Å². The normalized spacial score (nSPS) is 17.0. The average Bonchev–Trinajstić information content (AvgIpc) is 2.79. The van der Waals surface area contributed by atoms with Gasteiger partial charge in [0.05, 0.1) is 0 Å². The van der Waals surface area contributed by atoms with Crippen molar-refractivity contribution in [2.24, 2.45) is 0 Å². The predicted molar refractivity (Wildman–Crippen MR) is 122 cm³/mol. The van der Waals surface area contributed by atoms with Gasteiger partial charge in [0.15, 0.2) is 0 Å². The fourth-order valence-electron chi connectivity index (χ4n) is 3.60. The summed E-state index contributed by atoms with van der Waals surface area (Å²) in [7, 11) is 2.13. The largest absolute Gasteiger partial charge is 0.370 e. The lowest BCUT2D eigenvalue weighted by Crippen LogP contribution is -2.18. The van der Waals surface area contributed by atoms with Gasteiger partial charge in [-0.1, -0.05) is 91.0 Å². The van der Waals surface area contributed by atoms with Crippen molar-refractivity contribution in [1.29, 1.82) is 0 Å². The first-order valence-corrected chi connectivity index (χ1v) is 9.67. The molecule has 0 aliphatic carbocycles. The molecule has 0 amide bonds. The molecule has 28 heavy (non-hydrogen) atoms. The zero-order valence-corrected chi connectivity index (χ0v) is 16.5.